The number of carbonyl (C=O) groups excluding carboxylic acids is 1. The largest absolute Gasteiger partial charge is 0.504 e. The van der Waals surface area contributed by atoms with Crippen molar-refractivity contribution in [1.29, 1.82) is 0 Å². The Morgan fingerprint density at radius 3 is 2.35 bits per heavy atom. The minimum Gasteiger partial charge on any atom is -0.504 e. The lowest BCUT2D eigenvalue weighted by Gasteiger charge is -2.12. The Labute approximate surface area is 196 Å². The molecule has 0 fully saturated rings. The van der Waals surface area contributed by atoms with Gasteiger partial charge in [0.05, 0.1) is 21.8 Å². The summed E-state index contributed by atoms with van der Waals surface area (Å²) in [5, 5.41) is 21.9. The SMILES string of the molecule is Cc1nc2cc(O)c(O)cc2cc1Oc1ccc(NC(=O)c2ccc(Cl)c(C(F)(F)F)c2)cc1. The molecule has 0 aliphatic carbocycles. The number of aryl methyl sites for hydroxylation is 1. The van der Waals surface area contributed by atoms with Crippen LogP contribution in [0.1, 0.15) is 21.6 Å². The second kappa shape index (κ2) is 8.75. The molecule has 0 aliphatic heterocycles. The van der Waals surface area contributed by atoms with Gasteiger partial charge in [0.1, 0.15) is 11.5 Å². The van der Waals surface area contributed by atoms with Crippen molar-refractivity contribution in [2.24, 2.45) is 0 Å². The first-order chi connectivity index (χ1) is 16.0. The van der Waals surface area contributed by atoms with Crippen LogP contribution in [-0.2, 0) is 6.18 Å². The Hall–Kier alpha value is -3.98. The predicted octanol–water partition coefficient (Wildman–Crippen LogP) is 6.67. The second-order valence-corrected chi connectivity index (χ2v) is 7.79. The van der Waals surface area contributed by atoms with Crippen LogP contribution in [0.5, 0.6) is 23.0 Å². The highest BCUT2D eigenvalue weighted by molar-refractivity contribution is 6.31. The molecule has 3 aromatic carbocycles. The van der Waals surface area contributed by atoms with Crippen molar-refractivity contribution in [1.82, 2.24) is 4.98 Å². The average molecular weight is 489 g/mol. The van der Waals surface area contributed by atoms with E-state index in [1.165, 1.54) is 30.3 Å². The minimum atomic E-state index is -4.68. The molecule has 0 unspecified atom stereocenters. The number of phenols is 2. The zero-order valence-corrected chi connectivity index (χ0v) is 18.2. The fourth-order valence-electron chi connectivity index (χ4n) is 3.20. The second-order valence-electron chi connectivity index (χ2n) is 7.38. The number of halogens is 4. The molecule has 1 heterocycles. The van der Waals surface area contributed by atoms with E-state index in [0.29, 0.717) is 39.8 Å². The highest BCUT2D eigenvalue weighted by Gasteiger charge is 2.33. The van der Waals surface area contributed by atoms with Gasteiger partial charge in [0.2, 0.25) is 0 Å². The number of hydrogen-bond acceptors (Lipinski definition) is 5. The van der Waals surface area contributed by atoms with Crippen LogP contribution in [0.25, 0.3) is 10.9 Å². The molecule has 0 aliphatic rings. The molecule has 174 valence electrons. The van der Waals surface area contributed by atoms with Crippen LogP contribution < -0.4 is 10.1 Å². The van der Waals surface area contributed by atoms with Crippen LogP contribution >= 0.6 is 11.6 Å². The highest BCUT2D eigenvalue weighted by atomic mass is 35.5. The quantitative estimate of drug-likeness (QED) is 0.279. The Morgan fingerprint density at radius 2 is 1.68 bits per heavy atom. The molecule has 0 saturated carbocycles. The first kappa shape index (κ1) is 23.2. The Kier molecular flexibility index (Phi) is 5.97. The molecule has 0 spiro atoms. The van der Waals surface area contributed by atoms with Gasteiger partial charge in [-0.25, -0.2) is 4.98 Å². The van der Waals surface area contributed by atoms with Gasteiger partial charge in [-0.3, -0.25) is 4.79 Å². The van der Waals surface area contributed by atoms with Crippen LogP contribution in [0.3, 0.4) is 0 Å². The number of fused-ring (bicyclic) bond motifs is 1. The Bertz CT molecular complexity index is 1410. The normalized spacial score (nSPS) is 11.4. The summed E-state index contributed by atoms with van der Waals surface area (Å²) in [6, 6.07) is 13.5. The zero-order chi connectivity index (χ0) is 24.6. The zero-order valence-electron chi connectivity index (χ0n) is 17.4. The number of benzene rings is 3. The molecule has 0 radical (unpaired) electrons. The Balaban J connectivity index is 1.50. The molecule has 0 saturated heterocycles. The van der Waals surface area contributed by atoms with Gasteiger partial charge in [-0.15, -0.1) is 0 Å². The standard InChI is InChI=1S/C24H16ClF3N2O4/c1-12-22(10-14-9-20(31)21(32)11-19(14)29-12)34-16-5-3-15(4-6-16)30-23(33)13-2-7-18(25)17(8-13)24(26,27)28/h2-11,31-32H,1H3,(H,30,33). The third kappa shape index (κ3) is 4.84. The number of ether oxygens (including phenoxy) is 1. The first-order valence-corrected chi connectivity index (χ1v) is 10.2. The number of carbonyl (C=O) groups is 1. The van der Waals surface area contributed by atoms with E-state index < -0.39 is 22.7 Å². The smallest absolute Gasteiger partial charge is 0.417 e. The van der Waals surface area contributed by atoms with E-state index >= 15 is 0 Å². The molecule has 4 aromatic rings. The number of amides is 1. The third-order valence-electron chi connectivity index (χ3n) is 4.93. The van der Waals surface area contributed by atoms with Crippen LogP contribution in [0.15, 0.2) is 60.7 Å². The summed E-state index contributed by atoms with van der Waals surface area (Å²) in [7, 11) is 0. The van der Waals surface area contributed by atoms with Crippen LogP contribution in [-0.4, -0.2) is 21.1 Å². The number of alkyl halides is 3. The number of nitrogens with one attached hydrogen (secondary N) is 1. The molecule has 4 rings (SSSR count). The number of aromatic nitrogens is 1. The van der Waals surface area contributed by atoms with Crippen molar-refractivity contribution in [3.63, 3.8) is 0 Å². The van der Waals surface area contributed by atoms with Gasteiger partial charge in [-0.05, 0) is 61.5 Å². The third-order valence-corrected chi connectivity index (χ3v) is 5.26. The molecule has 10 heteroatoms. The lowest BCUT2D eigenvalue weighted by molar-refractivity contribution is -0.137. The lowest BCUT2D eigenvalue weighted by Crippen LogP contribution is -2.14. The molecule has 0 bridgehead atoms. The van der Waals surface area contributed by atoms with E-state index in [4.69, 9.17) is 16.3 Å². The molecular formula is C24H16ClF3N2O4. The monoisotopic (exact) mass is 488 g/mol. The van der Waals surface area contributed by atoms with Crippen LogP contribution in [0, 0.1) is 6.92 Å². The fourth-order valence-corrected chi connectivity index (χ4v) is 3.42. The van der Waals surface area contributed by atoms with E-state index in [1.54, 1.807) is 25.1 Å². The van der Waals surface area contributed by atoms with E-state index in [2.05, 4.69) is 10.3 Å². The predicted molar refractivity (Wildman–Crippen MR) is 121 cm³/mol. The summed E-state index contributed by atoms with van der Waals surface area (Å²) >= 11 is 5.59. The summed E-state index contributed by atoms with van der Waals surface area (Å²) in [4.78, 5) is 16.8. The number of hydrogen-bond donors (Lipinski definition) is 3. The van der Waals surface area contributed by atoms with Gasteiger partial charge < -0.3 is 20.3 Å². The van der Waals surface area contributed by atoms with Crippen molar-refractivity contribution >= 4 is 34.1 Å². The maximum absolute atomic E-state index is 13.0. The molecule has 6 nitrogen and oxygen atoms in total. The summed E-state index contributed by atoms with van der Waals surface area (Å²) in [6.45, 7) is 1.72. The molecule has 1 aromatic heterocycles. The maximum Gasteiger partial charge on any atom is 0.417 e. The maximum atomic E-state index is 13.0. The number of nitrogens with zero attached hydrogens (tertiary/aromatic N) is 1. The summed E-state index contributed by atoms with van der Waals surface area (Å²) in [5.74, 6) is -0.467. The van der Waals surface area contributed by atoms with Gasteiger partial charge in [0.15, 0.2) is 11.5 Å². The number of anilines is 1. The van der Waals surface area contributed by atoms with E-state index in [9.17, 15) is 28.2 Å². The molecular weight excluding hydrogens is 473 g/mol. The van der Waals surface area contributed by atoms with Gasteiger partial charge in [0.25, 0.3) is 5.91 Å². The Morgan fingerprint density at radius 1 is 1.00 bits per heavy atom. The topological polar surface area (TPSA) is 91.7 Å². The number of phenolic OH excluding ortho intramolecular Hbond substituents is 2. The van der Waals surface area contributed by atoms with Gasteiger partial charge >= 0.3 is 6.18 Å². The highest BCUT2D eigenvalue weighted by Crippen LogP contribution is 2.36. The van der Waals surface area contributed by atoms with Crippen LogP contribution in [0.4, 0.5) is 18.9 Å². The van der Waals surface area contributed by atoms with Crippen molar-refractivity contribution in [2.75, 3.05) is 5.32 Å². The fraction of sp³-hybridized carbons (Fsp3) is 0.0833. The average Bonchev–Trinajstić information content (AvgIpc) is 2.76. The van der Waals surface area contributed by atoms with Crippen molar-refractivity contribution in [2.45, 2.75) is 13.1 Å². The lowest BCUT2D eigenvalue weighted by atomic mass is 10.1. The van der Waals surface area contributed by atoms with Crippen molar-refractivity contribution < 1.29 is 32.9 Å². The van der Waals surface area contributed by atoms with Crippen molar-refractivity contribution in [3.8, 4) is 23.0 Å². The first-order valence-electron chi connectivity index (χ1n) is 9.80. The molecule has 34 heavy (non-hydrogen) atoms. The summed E-state index contributed by atoms with van der Waals surface area (Å²) < 4.78 is 44.9. The number of aromatic hydroxyl groups is 2. The summed E-state index contributed by atoms with van der Waals surface area (Å²) in [6.07, 6.45) is -4.68. The number of rotatable bonds is 4. The van der Waals surface area contributed by atoms with Crippen LogP contribution in [0.2, 0.25) is 5.02 Å². The number of pyridine rings is 1. The molecule has 3 N–H and O–H groups in total. The van der Waals surface area contributed by atoms with Crippen molar-refractivity contribution in [3.05, 3.63) is 82.5 Å². The van der Waals surface area contributed by atoms with Gasteiger partial charge in [-0.2, -0.15) is 13.2 Å². The van der Waals surface area contributed by atoms with Gasteiger partial charge in [0, 0.05) is 22.7 Å². The molecule has 0 atom stereocenters. The molecule has 1 amide bonds. The van der Waals surface area contributed by atoms with Gasteiger partial charge in [-0.1, -0.05) is 11.6 Å². The van der Waals surface area contributed by atoms with E-state index in [1.807, 2.05) is 0 Å². The minimum absolute atomic E-state index is 0.191. The van der Waals surface area contributed by atoms with E-state index in [-0.39, 0.29) is 17.1 Å². The summed E-state index contributed by atoms with van der Waals surface area (Å²) in [5.41, 5.74) is 0.0829. The van der Waals surface area contributed by atoms with E-state index in [0.717, 1.165) is 6.07 Å².